The van der Waals surface area contributed by atoms with Crippen molar-refractivity contribution < 1.29 is 0 Å². The SMILES string of the molecule is CCC(C(=N)N)N1CC(C)CC(C)C1. The molecule has 0 aromatic rings. The van der Waals surface area contributed by atoms with Gasteiger partial charge in [0.2, 0.25) is 0 Å². The van der Waals surface area contributed by atoms with E-state index < -0.39 is 0 Å². The molecule has 3 N–H and O–H groups in total. The summed E-state index contributed by atoms with van der Waals surface area (Å²) in [5.41, 5.74) is 5.61. The van der Waals surface area contributed by atoms with Crippen LogP contribution in [-0.2, 0) is 0 Å². The van der Waals surface area contributed by atoms with Crippen molar-refractivity contribution in [1.29, 1.82) is 5.41 Å². The predicted octanol–water partition coefficient (Wildman–Crippen LogP) is 1.68. The molecule has 1 saturated heterocycles. The monoisotopic (exact) mass is 197 g/mol. The lowest BCUT2D eigenvalue weighted by molar-refractivity contribution is 0.119. The molecule has 0 radical (unpaired) electrons. The van der Waals surface area contributed by atoms with E-state index in [9.17, 15) is 0 Å². The molecule has 3 nitrogen and oxygen atoms in total. The maximum Gasteiger partial charge on any atom is 0.108 e. The smallest absolute Gasteiger partial charge is 0.108 e. The fraction of sp³-hybridized carbons (Fsp3) is 0.909. The first kappa shape index (κ1) is 11.5. The highest BCUT2D eigenvalue weighted by Gasteiger charge is 2.27. The van der Waals surface area contributed by atoms with Gasteiger partial charge in [0, 0.05) is 13.1 Å². The normalized spacial score (nSPS) is 31.4. The van der Waals surface area contributed by atoms with Crippen molar-refractivity contribution in [2.24, 2.45) is 17.6 Å². The predicted molar refractivity (Wildman–Crippen MR) is 60.5 cm³/mol. The molecule has 14 heavy (non-hydrogen) atoms. The van der Waals surface area contributed by atoms with Gasteiger partial charge in [-0.3, -0.25) is 10.3 Å². The molecule has 1 aliphatic rings. The summed E-state index contributed by atoms with van der Waals surface area (Å²) < 4.78 is 0. The Labute approximate surface area is 87.2 Å². The molecule has 0 aromatic heterocycles. The van der Waals surface area contributed by atoms with E-state index >= 15 is 0 Å². The summed E-state index contributed by atoms with van der Waals surface area (Å²) >= 11 is 0. The second-order valence-corrected chi connectivity index (χ2v) is 4.78. The van der Waals surface area contributed by atoms with Crippen molar-refractivity contribution in [3.05, 3.63) is 0 Å². The molecule has 1 heterocycles. The largest absolute Gasteiger partial charge is 0.386 e. The highest BCUT2D eigenvalue weighted by Crippen LogP contribution is 2.23. The summed E-state index contributed by atoms with van der Waals surface area (Å²) in [6.07, 6.45) is 2.26. The van der Waals surface area contributed by atoms with Gasteiger partial charge in [0.15, 0.2) is 0 Å². The maximum absolute atomic E-state index is 7.56. The van der Waals surface area contributed by atoms with Gasteiger partial charge in [-0.25, -0.2) is 0 Å². The lowest BCUT2D eigenvalue weighted by Crippen LogP contribution is -2.50. The average Bonchev–Trinajstić information content (AvgIpc) is 2.02. The van der Waals surface area contributed by atoms with E-state index in [0.717, 1.165) is 31.3 Å². The Morgan fingerprint density at radius 2 is 1.93 bits per heavy atom. The van der Waals surface area contributed by atoms with E-state index in [-0.39, 0.29) is 6.04 Å². The highest BCUT2D eigenvalue weighted by atomic mass is 15.2. The second-order valence-electron chi connectivity index (χ2n) is 4.78. The Morgan fingerprint density at radius 3 is 2.29 bits per heavy atom. The van der Waals surface area contributed by atoms with Gasteiger partial charge in [-0.2, -0.15) is 0 Å². The number of hydrogen-bond acceptors (Lipinski definition) is 2. The van der Waals surface area contributed by atoms with Gasteiger partial charge in [-0.05, 0) is 24.7 Å². The van der Waals surface area contributed by atoms with E-state index in [4.69, 9.17) is 11.1 Å². The zero-order chi connectivity index (χ0) is 10.7. The molecular formula is C11H23N3. The number of nitrogens with two attached hydrogens (primary N) is 1. The molecule has 0 aromatic carbocycles. The van der Waals surface area contributed by atoms with Gasteiger partial charge < -0.3 is 5.73 Å². The van der Waals surface area contributed by atoms with Crippen LogP contribution in [-0.4, -0.2) is 29.9 Å². The van der Waals surface area contributed by atoms with E-state index in [0.29, 0.717) is 5.84 Å². The summed E-state index contributed by atoms with van der Waals surface area (Å²) in [5.74, 6) is 1.81. The molecule has 3 unspecified atom stereocenters. The maximum atomic E-state index is 7.56. The van der Waals surface area contributed by atoms with Crippen molar-refractivity contribution >= 4 is 5.84 Å². The highest BCUT2D eigenvalue weighted by molar-refractivity contribution is 5.82. The molecule has 0 bridgehead atoms. The molecule has 1 rings (SSSR count). The lowest BCUT2D eigenvalue weighted by atomic mass is 9.90. The molecule has 82 valence electrons. The summed E-state index contributed by atoms with van der Waals surface area (Å²) in [7, 11) is 0. The minimum absolute atomic E-state index is 0.167. The van der Waals surface area contributed by atoms with Crippen molar-refractivity contribution in [2.75, 3.05) is 13.1 Å². The van der Waals surface area contributed by atoms with Gasteiger partial charge in [-0.15, -0.1) is 0 Å². The van der Waals surface area contributed by atoms with Crippen LogP contribution in [0.15, 0.2) is 0 Å². The number of hydrogen-bond donors (Lipinski definition) is 2. The Morgan fingerprint density at radius 1 is 1.43 bits per heavy atom. The molecule has 3 heteroatoms. The van der Waals surface area contributed by atoms with E-state index in [1.165, 1.54) is 6.42 Å². The van der Waals surface area contributed by atoms with Crippen LogP contribution in [0, 0.1) is 17.2 Å². The molecule has 3 atom stereocenters. The first-order valence-electron chi connectivity index (χ1n) is 5.62. The third kappa shape index (κ3) is 2.71. The van der Waals surface area contributed by atoms with E-state index in [2.05, 4.69) is 25.7 Å². The van der Waals surface area contributed by atoms with Crippen LogP contribution in [0.1, 0.15) is 33.6 Å². The average molecular weight is 197 g/mol. The van der Waals surface area contributed by atoms with Crippen LogP contribution in [0.5, 0.6) is 0 Å². The van der Waals surface area contributed by atoms with Gasteiger partial charge in [0.05, 0.1) is 6.04 Å². The summed E-state index contributed by atoms with van der Waals surface area (Å²) in [4.78, 5) is 2.38. The molecule has 1 aliphatic heterocycles. The minimum atomic E-state index is 0.167. The molecule has 0 saturated carbocycles. The first-order chi connectivity index (χ1) is 6.54. The first-order valence-corrected chi connectivity index (χ1v) is 5.62. The zero-order valence-electron chi connectivity index (χ0n) is 9.59. The fourth-order valence-electron chi connectivity index (χ4n) is 2.64. The third-order valence-corrected chi connectivity index (χ3v) is 3.08. The Balaban J connectivity index is 2.61. The number of rotatable bonds is 3. The molecule has 0 amide bonds. The quantitative estimate of drug-likeness (QED) is 0.534. The Hall–Kier alpha value is -0.570. The number of amidine groups is 1. The van der Waals surface area contributed by atoms with Gasteiger partial charge in [0.1, 0.15) is 5.84 Å². The number of piperidine rings is 1. The van der Waals surface area contributed by atoms with Crippen LogP contribution in [0.2, 0.25) is 0 Å². The van der Waals surface area contributed by atoms with Crippen molar-refractivity contribution in [2.45, 2.75) is 39.7 Å². The van der Waals surface area contributed by atoms with E-state index in [1.807, 2.05) is 0 Å². The molecular weight excluding hydrogens is 174 g/mol. The van der Waals surface area contributed by atoms with Crippen LogP contribution in [0.25, 0.3) is 0 Å². The summed E-state index contributed by atoms with van der Waals surface area (Å²) in [5, 5.41) is 7.56. The molecule has 0 spiro atoms. The Bertz CT molecular complexity index is 193. The molecule has 1 fully saturated rings. The summed E-state index contributed by atoms with van der Waals surface area (Å²) in [6.45, 7) is 8.88. The second kappa shape index (κ2) is 4.78. The van der Waals surface area contributed by atoms with Crippen molar-refractivity contribution in [3.63, 3.8) is 0 Å². The summed E-state index contributed by atoms with van der Waals surface area (Å²) in [6, 6.07) is 0.167. The lowest BCUT2D eigenvalue weighted by Gasteiger charge is -2.39. The minimum Gasteiger partial charge on any atom is -0.386 e. The zero-order valence-corrected chi connectivity index (χ0v) is 9.59. The van der Waals surface area contributed by atoms with Crippen LogP contribution in [0.3, 0.4) is 0 Å². The third-order valence-electron chi connectivity index (χ3n) is 3.08. The fourth-order valence-corrected chi connectivity index (χ4v) is 2.64. The number of nitrogens with one attached hydrogen (secondary N) is 1. The topological polar surface area (TPSA) is 53.1 Å². The van der Waals surface area contributed by atoms with E-state index in [1.54, 1.807) is 0 Å². The van der Waals surface area contributed by atoms with Crippen molar-refractivity contribution in [1.82, 2.24) is 4.90 Å². The van der Waals surface area contributed by atoms with Crippen LogP contribution < -0.4 is 5.73 Å². The van der Waals surface area contributed by atoms with Gasteiger partial charge >= 0.3 is 0 Å². The van der Waals surface area contributed by atoms with Gasteiger partial charge in [0.25, 0.3) is 0 Å². The molecule has 0 aliphatic carbocycles. The van der Waals surface area contributed by atoms with Crippen LogP contribution in [0.4, 0.5) is 0 Å². The number of nitrogens with zero attached hydrogens (tertiary/aromatic N) is 1. The van der Waals surface area contributed by atoms with Gasteiger partial charge in [-0.1, -0.05) is 20.8 Å². The standard InChI is InChI=1S/C11H23N3/c1-4-10(11(12)13)14-6-8(2)5-9(3)7-14/h8-10H,4-7H2,1-3H3,(H3,12,13). The van der Waals surface area contributed by atoms with Crippen LogP contribution >= 0.6 is 0 Å². The Kier molecular flexibility index (Phi) is 3.93. The number of likely N-dealkylation sites (tertiary alicyclic amines) is 1. The van der Waals surface area contributed by atoms with Crippen molar-refractivity contribution in [3.8, 4) is 0 Å².